The molecule has 0 saturated carbocycles. The van der Waals surface area contributed by atoms with Crippen LogP contribution in [-0.2, 0) is 6.42 Å². The van der Waals surface area contributed by atoms with Crippen molar-refractivity contribution < 1.29 is 9.53 Å². The Morgan fingerprint density at radius 2 is 1.75 bits per heavy atom. The van der Waals surface area contributed by atoms with E-state index in [1.54, 1.807) is 0 Å². The van der Waals surface area contributed by atoms with Gasteiger partial charge in [0.2, 0.25) is 0 Å². The van der Waals surface area contributed by atoms with E-state index in [-0.39, 0.29) is 12.5 Å². The predicted octanol–water partition coefficient (Wildman–Crippen LogP) is 4.57. The van der Waals surface area contributed by atoms with Crippen molar-refractivity contribution in [2.45, 2.75) is 60.3 Å². The lowest BCUT2D eigenvalue weighted by Crippen LogP contribution is -2.21. The number of nitrogens with zero attached hydrogens (tertiary/aromatic N) is 2. The minimum Gasteiger partial charge on any atom is -0.484 e. The number of carbonyl (C=O) groups is 1. The van der Waals surface area contributed by atoms with Crippen LogP contribution in [0.25, 0.3) is 0 Å². The molecule has 0 N–H and O–H groups in total. The number of hydrogen-bond acceptors (Lipinski definition) is 3. The molecule has 0 aliphatic rings. The third-order valence-corrected chi connectivity index (χ3v) is 4.27. The van der Waals surface area contributed by atoms with Crippen LogP contribution in [0.15, 0.2) is 18.2 Å². The molecule has 0 aliphatic heterocycles. The van der Waals surface area contributed by atoms with Crippen molar-refractivity contribution in [1.29, 1.82) is 0 Å². The Bertz CT molecular complexity index is 696. The van der Waals surface area contributed by atoms with Crippen molar-refractivity contribution in [1.82, 2.24) is 9.78 Å². The Morgan fingerprint density at radius 1 is 1.08 bits per heavy atom. The number of aromatic nitrogens is 2. The van der Waals surface area contributed by atoms with E-state index in [0.717, 1.165) is 41.1 Å². The van der Waals surface area contributed by atoms with Gasteiger partial charge in [-0.15, -0.1) is 0 Å². The van der Waals surface area contributed by atoms with Gasteiger partial charge in [-0.2, -0.15) is 5.10 Å². The molecule has 0 amide bonds. The number of rotatable bonds is 7. The molecule has 4 nitrogen and oxygen atoms in total. The van der Waals surface area contributed by atoms with Crippen LogP contribution in [0.5, 0.6) is 5.75 Å². The third-order valence-electron chi connectivity index (χ3n) is 4.27. The van der Waals surface area contributed by atoms with Crippen LogP contribution in [0.3, 0.4) is 0 Å². The van der Waals surface area contributed by atoms with Crippen molar-refractivity contribution in [3.8, 4) is 5.75 Å². The molecule has 130 valence electrons. The summed E-state index contributed by atoms with van der Waals surface area (Å²) in [7, 11) is 0. The average Bonchev–Trinajstić information content (AvgIpc) is 2.80. The molecule has 1 aromatic carbocycles. The summed E-state index contributed by atoms with van der Waals surface area (Å²) in [6.07, 6.45) is 4.51. The fourth-order valence-electron chi connectivity index (χ4n) is 3.05. The van der Waals surface area contributed by atoms with E-state index in [9.17, 15) is 4.79 Å². The predicted molar refractivity (Wildman–Crippen MR) is 97.0 cm³/mol. The van der Waals surface area contributed by atoms with E-state index in [2.05, 4.69) is 18.1 Å². The van der Waals surface area contributed by atoms with Crippen molar-refractivity contribution in [3.05, 3.63) is 46.3 Å². The highest BCUT2D eigenvalue weighted by Gasteiger charge is 2.16. The first kappa shape index (κ1) is 18.2. The van der Waals surface area contributed by atoms with Gasteiger partial charge in [0.1, 0.15) is 5.75 Å². The van der Waals surface area contributed by atoms with Crippen molar-refractivity contribution >= 4 is 5.91 Å². The van der Waals surface area contributed by atoms with Crippen LogP contribution in [-0.4, -0.2) is 22.3 Å². The van der Waals surface area contributed by atoms with Crippen LogP contribution in [0.2, 0.25) is 0 Å². The minimum absolute atomic E-state index is 0.000741. The van der Waals surface area contributed by atoms with E-state index in [1.165, 1.54) is 23.1 Å². The summed E-state index contributed by atoms with van der Waals surface area (Å²) in [5.74, 6) is 0.599. The van der Waals surface area contributed by atoms with Gasteiger partial charge in [-0.25, -0.2) is 4.68 Å². The highest BCUT2D eigenvalue weighted by Crippen LogP contribution is 2.18. The van der Waals surface area contributed by atoms with Gasteiger partial charge >= 0.3 is 0 Å². The highest BCUT2D eigenvalue weighted by atomic mass is 16.5. The van der Waals surface area contributed by atoms with Crippen LogP contribution in [0, 0.1) is 27.7 Å². The van der Waals surface area contributed by atoms with Crippen LogP contribution >= 0.6 is 0 Å². The molecule has 24 heavy (non-hydrogen) atoms. The zero-order valence-electron chi connectivity index (χ0n) is 15.5. The van der Waals surface area contributed by atoms with Crippen LogP contribution < -0.4 is 4.74 Å². The molecule has 1 heterocycles. The molecular formula is C20H28N2O2. The van der Waals surface area contributed by atoms with Gasteiger partial charge in [0.05, 0.1) is 5.69 Å². The summed E-state index contributed by atoms with van der Waals surface area (Å²) in [4.78, 5) is 12.5. The van der Waals surface area contributed by atoms with Gasteiger partial charge in [0.15, 0.2) is 6.61 Å². The van der Waals surface area contributed by atoms with Crippen molar-refractivity contribution in [2.75, 3.05) is 6.61 Å². The number of hydrogen-bond donors (Lipinski definition) is 0. The number of ether oxygens (including phenoxy) is 1. The Morgan fingerprint density at radius 3 is 2.38 bits per heavy atom. The smallest absolute Gasteiger partial charge is 0.284 e. The summed E-state index contributed by atoms with van der Waals surface area (Å²) >= 11 is 0. The highest BCUT2D eigenvalue weighted by molar-refractivity contribution is 5.80. The van der Waals surface area contributed by atoms with Gasteiger partial charge in [-0.1, -0.05) is 25.8 Å². The van der Waals surface area contributed by atoms with E-state index in [0.29, 0.717) is 0 Å². The second kappa shape index (κ2) is 8.13. The summed E-state index contributed by atoms with van der Waals surface area (Å²) in [5.41, 5.74) is 5.34. The van der Waals surface area contributed by atoms with Crippen LogP contribution in [0.1, 0.15) is 59.1 Å². The number of benzene rings is 1. The maximum Gasteiger partial charge on any atom is 0.284 e. The average molecular weight is 328 g/mol. The Hall–Kier alpha value is -2.10. The maximum atomic E-state index is 12.5. The van der Waals surface area contributed by atoms with E-state index >= 15 is 0 Å². The topological polar surface area (TPSA) is 44.1 Å². The Balaban J connectivity index is 2.05. The summed E-state index contributed by atoms with van der Waals surface area (Å²) in [6, 6.07) is 5.97. The van der Waals surface area contributed by atoms with Gasteiger partial charge < -0.3 is 4.74 Å². The van der Waals surface area contributed by atoms with Crippen molar-refractivity contribution in [2.24, 2.45) is 0 Å². The second-order valence-corrected chi connectivity index (χ2v) is 6.52. The molecule has 4 heteroatoms. The van der Waals surface area contributed by atoms with E-state index in [4.69, 9.17) is 4.74 Å². The summed E-state index contributed by atoms with van der Waals surface area (Å²) in [5, 5.41) is 4.42. The first-order valence-corrected chi connectivity index (χ1v) is 8.71. The SMILES string of the molecule is CCCCCc1c(C)nn(C(=O)COc2cc(C)cc(C)c2)c1C. The zero-order chi connectivity index (χ0) is 17.7. The zero-order valence-corrected chi connectivity index (χ0v) is 15.5. The molecule has 0 spiro atoms. The van der Waals surface area contributed by atoms with Gasteiger partial charge in [-0.05, 0) is 69.4 Å². The summed E-state index contributed by atoms with van der Waals surface area (Å²) in [6.45, 7) is 10.2. The lowest BCUT2D eigenvalue weighted by atomic mass is 10.1. The van der Waals surface area contributed by atoms with Crippen molar-refractivity contribution in [3.63, 3.8) is 0 Å². The quantitative estimate of drug-likeness (QED) is 0.699. The molecule has 2 aromatic rings. The molecule has 0 bridgehead atoms. The molecule has 2 rings (SSSR count). The molecule has 0 atom stereocenters. The first-order valence-electron chi connectivity index (χ1n) is 8.71. The fourth-order valence-corrected chi connectivity index (χ4v) is 3.05. The fraction of sp³-hybridized carbons (Fsp3) is 0.500. The largest absolute Gasteiger partial charge is 0.484 e. The number of unbranched alkanes of at least 4 members (excludes halogenated alkanes) is 2. The minimum atomic E-state index is -0.128. The number of aryl methyl sites for hydroxylation is 3. The van der Waals surface area contributed by atoms with Gasteiger partial charge in [-0.3, -0.25) is 4.79 Å². The molecular weight excluding hydrogens is 300 g/mol. The molecule has 1 aromatic heterocycles. The molecule has 0 radical (unpaired) electrons. The first-order chi connectivity index (χ1) is 11.4. The second-order valence-electron chi connectivity index (χ2n) is 6.52. The Kier molecular flexibility index (Phi) is 6.18. The molecule has 0 unspecified atom stereocenters. The van der Waals surface area contributed by atoms with E-state index < -0.39 is 0 Å². The maximum absolute atomic E-state index is 12.5. The van der Waals surface area contributed by atoms with E-state index in [1.807, 2.05) is 39.8 Å². The summed E-state index contributed by atoms with van der Waals surface area (Å²) < 4.78 is 7.18. The monoisotopic (exact) mass is 328 g/mol. The van der Waals surface area contributed by atoms with Gasteiger partial charge in [0.25, 0.3) is 5.91 Å². The molecule has 0 saturated heterocycles. The molecule has 0 fully saturated rings. The Labute approximate surface area is 144 Å². The van der Waals surface area contributed by atoms with Crippen LogP contribution in [0.4, 0.5) is 0 Å². The lowest BCUT2D eigenvalue weighted by molar-refractivity contribution is 0.0818. The standard InChI is InChI=1S/C20H28N2O2/c1-6-7-8-9-19-16(4)21-22(17(19)5)20(23)13-24-18-11-14(2)10-15(3)12-18/h10-12H,6-9,13H2,1-5H3. The normalized spacial score (nSPS) is 10.9. The third kappa shape index (κ3) is 4.47. The van der Waals surface area contributed by atoms with Gasteiger partial charge in [0, 0.05) is 5.69 Å². The number of carbonyl (C=O) groups excluding carboxylic acids is 1. The molecule has 0 aliphatic carbocycles. The lowest BCUT2D eigenvalue weighted by Gasteiger charge is -2.09.